The second kappa shape index (κ2) is 11.9. The van der Waals surface area contributed by atoms with E-state index in [0.717, 1.165) is 5.56 Å². The minimum Gasteiger partial charge on any atom is -0.508 e. The van der Waals surface area contributed by atoms with Crippen LogP contribution in [-0.2, 0) is 20.7 Å². The van der Waals surface area contributed by atoms with Gasteiger partial charge in [0.2, 0.25) is 0 Å². The molecule has 0 fully saturated rings. The highest BCUT2D eigenvalue weighted by Gasteiger charge is 2.10. The summed E-state index contributed by atoms with van der Waals surface area (Å²) in [6.07, 6.45) is 1.54. The molecule has 0 spiro atoms. The van der Waals surface area contributed by atoms with Crippen LogP contribution in [0, 0.1) is 11.3 Å². The van der Waals surface area contributed by atoms with Crippen molar-refractivity contribution in [1.29, 1.82) is 5.26 Å². The lowest BCUT2D eigenvalue weighted by Crippen LogP contribution is -2.31. The number of phenols is 1. The van der Waals surface area contributed by atoms with Gasteiger partial charge in [-0.05, 0) is 38.0 Å². The maximum atomic E-state index is 12.0. The molecule has 0 unspecified atom stereocenters. The van der Waals surface area contributed by atoms with Gasteiger partial charge < -0.3 is 25.2 Å². The highest BCUT2D eigenvalue weighted by atomic mass is 16.7. The van der Waals surface area contributed by atoms with Crippen LogP contribution < -0.4 is 10.6 Å². The van der Waals surface area contributed by atoms with Gasteiger partial charge in [0.1, 0.15) is 17.4 Å². The molecule has 0 atom stereocenters. The number of ether oxygens (including phenoxy) is 2. The van der Waals surface area contributed by atoms with Crippen molar-refractivity contribution in [2.75, 3.05) is 26.3 Å². The van der Waals surface area contributed by atoms with Crippen LogP contribution in [0.2, 0.25) is 0 Å². The van der Waals surface area contributed by atoms with Crippen molar-refractivity contribution in [1.82, 2.24) is 10.6 Å². The second-order valence-electron chi connectivity index (χ2n) is 5.09. The highest BCUT2D eigenvalue weighted by molar-refractivity contribution is 5.97. The van der Waals surface area contributed by atoms with Gasteiger partial charge in [-0.1, -0.05) is 12.1 Å². The van der Waals surface area contributed by atoms with Crippen LogP contribution in [0.4, 0.5) is 0 Å². The zero-order chi connectivity index (χ0) is 18.5. The standard InChI is InChI=1S/C18H25N3O4/c1-3-24-17(25-4-2)13-20-12-15(11-19)18(23)21-10-9-14-5-7-16(22)8-6-14/h5-8,12,17,20,22H,3-4,9-10,13H2,1-2H3,(H,21,23)/b15-12-. The number of hydrogen-bond donors (Lipinski definition) is 3. The molecule has 0 aliphatic carbocycles. The Hall–Kier alpha value is -2.56. The normalized spacial score (nSPS) is 11.2. The fourth-order valence-electron chi connectivity index (χ4n) is 2.02. The summed E-state index contributed by atoms with van der Waals surface area (Å²) >= 11 is 0. The first-order valence-electron chi connectivity index (χ1n) is 8.23. The van der Waals surface area contributed by atoms with Crippen LogP contribution in [0.5, 0.6) is 5.75 Å². The average Bonchev–Trinajstić information content (AvgIpc) is 2.60. The van der Waals surface area contributed by atoms with Crippen LogP contribution >= 0.6 is 0 Å². The van der Waals surface area contributed by atoms with Crippen LogP contribution in [0.25, 0.3) is 0 Å². The number of benzene rings is 1. The summed E-state index contributed by atoms with van der Waals surface area (Å²) < 4.78 is 10.7. The number of carbonyl (C=O) groups is 1. The van der Waals surface area contributed by atoms with Crippen molar-refractivity contribution in [2.24, 2.45) is 0 Å². The van der Waals surface area contributed by atoms with E-state index in [2.05, 4.69) is 10.6 Å². The Balaban J connectivity index is 2.42. The summed E-state index contributed by atoms with van der Waals surface area (Å²) in [6, 6.07) is 8.62. The maximum Gasteiger partial charge on any atom is 0.263 e. The number of phenolic OH excluding ortho intramolecular Hbond substituents is 1. The number of hydrogen-bond acceptors (Lipinski definition) is 6. The lowest BCUT2D eigenvalue weighted by Gasteiger charge is -2.16. The molecule has 0 bridgehead atoms. The summed E-state index contributed by atoms with van der Waals surface area (Å²) in [5, 5.41) is 23.9. The van der Waals surface area contributed by atoms with E-state index in [1.165, 1.54) is 6.20 Å². The molecule has 0 saturated heterocycles. The highest BCUT2D eigenvalue weighted by Crippen LogP contribution is 2.09. The molecule has 0 aliphatic rings. The molecule has 0 radical (unpaired) electrons. The fraction of sp³-hybridized carbons (Fsp3) is 0.444. The zero-order valence-corrected chi connectivity index (χ0v) is 14.6. The molecule has 25 heavy (non-hydrogen) atoms. The van der Waals surface area contributed by atoms with Crippen LogP contribution in [0.15, 0.2) is 36.0 Å². The third-order valence-electron chi connectivity index (χ3n) is 3.24. The molecule has 1 aromatic carbocycles. The largest absolute Gasteiger partial charge is 0.508 e. The zero-order valence-electron chi connectivity index (χ0n) is 14.6. The Labute approximate surface area is 148 Å². The quantitative estimate of drug-likeness (QED) is 0.318. The second-order valence-corrected chi connectivity index (χ2v) is 5.09. The molecule has 1 amide bonds. The van der Waals surface area contributed by atoms with Gasteiger partial charge in [0.25, 0.3) is 5.91 Å². The van der Waals surface area contributed by atoms with E-state index in [0.29, 0.717) is 32.7 Å². The fourth-order valence-corrected chi connectivity index (χ4v) is 2.02. The minimum atomic E-state index is -0.446. The summed E-state index contributed by atoms with van der Waals surface area (Å²) in [4.78, 5) is 12.0. The van der Waals surface area contributed by atoms with Gasteiger partial charge in [-0.2, -0.15) is 5.26 Å². The summed E-state index contributed by atoms with van der Waals surface area (Å²) in [7, 11) is 0. The molecule has 3 N–H and O–H groups in total. The van der Waals surface area contributed by atoms with E-state index in [4.69, 9.17) is 14.7 Å². The van der Waals surface area contributed by atoms with Crippen molar-refractivity contribution < 1.29 is 19.4 Å². The third-order valence-corrected chi connectivity index (χ3v) is 3.24. The minimum absolute atomic E-state index is 0.0162. The van der Waals surface area contributed by atoms with Gasteiger partial charge in [0, 0.05) is 26.0 Å². The van der Waals surface area contributed by atoms with Gasteiger partial charge in [-0.25, -0.2) is 0 Å². The van der Waals surface area contributed by atoms with Gasteiger partial charge >= 0.3 is 0 Å². The van der Waals surface area contributed by atoms with E-state index in [9.17, 15) is 9.90 Å². The number of carbonyl (C=O) groups excluding carboxylic acids is 1. The van der Waals surface area contributed by atoms with E-state index in [1.54, 1.807) is 24.3 Å². The van der Waals surface area contributed by atoms with Crippen molar-refractivity contribution >= 4 is 5.91 Å². The molecule has 0 aromatic heterocycles. The number of rotatable bonds is 11. The molecule has 0 heterocycles. The molecular weight excluding hydrogens is 322 g/mol. The first kappa shape index (κ1) is 20.5. The number of nitriles is 1. The Bertz CT molecular complexity index is 587. The molecule has 7 nitrogen and oxygen atoms in total. The molecule has 1 aromatic rings. The van der Waals surface area contributed by atoms with Gasteiger partial charge in [0.05, 0.1) is 6.54 Å². The van der Waals surface area contributed by atoms with Crippen LogP contribution in [0.1, 0.15) is 19.4 Å². The number of amides is 1. The molecular formula is C18H25N3O4. The van der Waals surface area contributed by atoms with E-state index in [-0.39, 0.29) is 11.3 Å². The summed E-state index contributed by atoms with van der Waals surface area (Å²) in [6.45, 7) is 5.49. The smallest absolute Gasteiger partial charge is 0.263 e. The van der Waals surface area contributed by atoms with Crippen molar-refractivity contribution in [2.45, 2.75) is 26.6 Å². The number of nitrogens with one attached hydrogen (secondary N) is 2. The summed E-state index contributed by atoms with van der Waals surface area (Å²) in [5.41, 5.74) is 0.965. The van der Waals surface area contributed by atoms with E-state index >= 15 is 0 Å². The van der Waals surface area contributed by atoms with Crippen molar-refractivity contribution in [3.8, 4) is 11.8 Å². The first-order valence-corrected chi connectivity index (χ1v) is 8.23. The van der Waals surface area contributed by atoms with Gasteiger partial charge in [-0.3, -0.25) is 4.79 Å². The van der Waals surface area contributed by atoms with Crippen molar-refractivity contribution in [3.05, 3.63) is 41.6 Å². The van der Waals surface area contributed by atoms with Gasteiger partial charge in [0.15, 0.2) is 6.29 Å². The average molecular weight is 347 g/mol. The Kier molecular flexibility index (Phi) is 9.75. The Morgan fingerprint density at radius 1 is 1.28 bits per heavy atom. The maximum absolute atomic E-state index is 12.0. The molecule has 136 valence electrons. The topological polar surface area (TPSA) is 104 Å². The predicted octanol–water partition coefficient (Wildman–Crippen LogP) is 1.45. The van der Waals surface area contributed by atoms with E-state index in [1.807, 2.05) is 19.9 Å². The molecule has 1 rings (SSSR count). The lowest BCUT2D eigenvalue weighted by molar-refractivity contribution is -0.131. The third kappa shape index (κ3) is 8.20. The lowest BCUT2D eigenvalue weighted by atomic mass is 10.1. The monoisotopic (exact) mass is 347 g/mol. The summed E-state index contributed by atoms with van der Waals surface area (Å²) in [5.74, 6) is -0.246. The van der Waals surface area contributed by atoms with Gasteiger partial charge in [-0.15, -0.1) is 0 Å². The molecule has 0 saturated carbocycles. The first-order chi connectivity index (χ1) is 12.1. The SMILES string of the molecule is CCOC(CN/C=C(/C#N)C(=O)NCCc1ccc(O)cc1)OCC. The van der Waals surface area contributed by atoms with Crippen LogP contribution in [0.3, 0.4) is 0 Å². The number of aromatic hydroxyl groups is 1. The van der Waals surface area contributed by atoms with E-state index < -0.39 is 12.2 Å². The van der Waals surface area contributed by atoms with Crippen molar-refractivity contribution in [3.63, 3.8) is 0 Å². The number of nitrogens with zero attached hydrogens (tertiary/aromatic N) is 1. The molecule has 0 aliphatic heterocycles. The van der Waals surface area contributed by atoms with Crippen LogP contribution in [-0.4, -0.2) is 43.6 Å². The Morgan fingerprint density at radius 2 is 1.92 bits per heavy atom. The Morgan fingerprint density at radius 3 is 2.48 bits per heavy atom. The molecule has 7 heteroatoms. The predicted molar refractivity (Wildman–Crippen MR) is 93.6 cm³/mol.